The molecule has 0 spiro atoms. The van der Waals surface area contributed by atoms with E-state index in [4.69, 9.17) is 19.4 Å². The molecule has 0 saturated heterocycles. The van der Waals surface area contributed by atoms with Crippen molar-refractivity contribution < 1.29 is 24.5 Å². The summed E-state index contributed by atoms with van der Waals surface area (Å²) in [6.07, 6.45) is 3.24. The van der Waals surface area contributed by atoms with Gasteiger partial charge < -0.3 is 8.98 Å². The predicted octanol–water partition coefficient (Wildman–Crippen LogP) is 13.1. The third-order valence-electron chi connectivity index (χ3n) is 10.7. The molecule has 0 aliphatic rings. The Morgan fingerprint density at radius 2 is 1.47 bits per heavy atom. The summed E-state index contributed by atoms with van der Waals surface area (Å²) in [5.41, 5.74) is 14.7. The Kier molecular flexibility index (Phi) is 12.0. The normalized spacial score (nSPS) is 11.7. The molecule has 0 unspecified atom stereocenters. The molecule has 4 aromatic heterocycles. The average Bonchev–Trinajstić information content (AvgIpc) is 3.77. The number of rotatable bonds is 6. The maximum absolute atomic E-state index is 6.46. The number of aromatic nitrogens is 4. The molecule has 0 saturated carbocycles. The standard InChI is InChI=1S/C33H24N3O.C19H26GeN.Ir/c1-20-17-18-25(31-30(20)26-19-21(2)22(3)34-33(26)37-31)32-35-27-14-8-10-16-29(27)36(32)28-15-9-7-13-24(28)23-11-5-4-6-12-23;1-19(2,3)13-16-12-18(15-10-8-7-9-11-15)21-14-17(16)20(4,5)6;/h4-17,19H,1-3H3;7-10,12,14H,13H2,1-6H3;/q2*-1;. The molecule has 0 amide bonds. The zero-order valence-corrected chi connectivity index (χ0v) is 39.9. The first-order chi connectivity index (χ1) is 27.8. The zero-order valence-electron chi connectivity index (χ0n) is 35.4. The number of hydrogen-bond acceptors (Lipinski definition) is 4. The van der Waals surface area contributed by atoms with Crippen LogP contribution in [0.3, 0.4) is 0 Å². The fourth-order valence-corrected chi connectivity index (χ4v) is 11.1. The van der Waals surface area contributed by atoms with E-state index in [9.17, 15) is 0 Å². The van der Waals surface area contributed by atoms with Gasteiger partial charge in [-0.2, -0.15) is 0 Å². The van der Waals surface area contributed by atoms with Crippen molar-refractivity contribution in [2.24, 2.45) is 5.41 Å². The van der Waals surface area contributed by atoms with Crippen molar-refractivity contribution in [2.75, 3.05) is 0 Å². The van der Waals surface area contributed by atoms with Crippen LogP contribution in [0.1, 0.15) is 43.2 Å². The minimum Gasteiger partial charge on any atom is -0.486 e. The van der Waals surface area contributed by atoms with Crippen LogP contribution < -0.4 is 4.40 Å². The molecule has 0 N–H and O–H groups in total. The zero-order chi connectivity index (χ0) is 40.8. The van der Waals surface area contributed by atoms with Crippen molar-refractivity contribution in [3.63, 3.8) is 0 Å². The van der Waals surface area contributed by atoms with Crippen LogP contribution in [0.25, 0.3) is 72.6 Å². The van der Waals surface area contributed by atoms with Gasteiger partial charge in [-0.25, -0.2) is 4.98 Å². The molecule has 4 heterocycles. The molecule has 1 radical (unpaired) electrons. The smallest absolute Gasteiger partial charge is 0.216 e. The molecule has 0 atom stereocenters. The Bertz CT molecular complexity index is 2920. The fraction of sp³-hybridized carbons (Fsp3) is 0.212. The molecule has 0 aliphatic carbocycles. The van der Waals surface area contributed by atoms with Crippen molar-refractivity contribution in [3.05, 3.63) is 162 Å². The molecule has 0 aliphatic heterocycles. The second-order valence-corrected chi connectivity index (χ2v) is 28.1. The summed E-state index contributed by atoms with van der Waals surface area (Å²) >= 11 is -1.90. The molecule has 0 fully saturated rings. The van der Waals surface area contributed by atoms with Gasteiger partial charge in [-0.1, -0.05) is 78.5 Å². The maximum Gasteiger partial charge on any atom is 0.216 e. The van der Waals surface area contributed by atoms with Gasteiger partial charge in [0.15, 0.2) is 0 Å². The number of para-hydroxylation sites is 3. The summed E-state index contributed by atoms with van der Waals surface area (Å²) in [5.74, 6) is 8.12. The minimum atomic E-state index is -1.90. The van der Waals surface area contributed by atoms with Gasteiger partial charge >= 0.3 is 132 Å². The van der Waals surface area contributed by atoms with Gasteiger partial charge in [0.05, 0.1) is 22.4 Å². The van der Waals surface area contributed by atoms with Crippen molar-refractivity contribution in [1.82, 2.24) is 19.5 Å². The summed E-state index contributed by atoms with van der Waals surface area (Å²) in [6, 6.07) is 48.6. The average molecular weight is 1010 g/mol. The first-order valence-electron chi connectivity index (χ1n) is 20.1. The van der Waals surface area contributed by atoms with E-state index < -0.39 is 13.3 Å². The molecule has 0 bridgehead atoms. The third-order valence-corrected chi connectivity index (χ3v) is 15.0. The number of imidazole rings is 1. The van der Waals surface area contributed by atoms with E-state index in [-0.39, 0.29) is 20.1 Å². The van der Waals surface area contributed by atoms with Crippen LogP contribution in [0.15, 0.2) is 132 Å². The Morgan fingerprint density at radius 1 is 0.763 bits per heavy atom. The summed E-state index contributed by atoms with van der Waals surface area (Å²) in [5, 5.41) is 2.09. The van der Waals surface area contributed by atoms with E-state index in [0.29, 0.717) is 11.1 Å². The first kappa shape index (κ1) is 42.0. The summed E-state index contributed by atoms with van der Waals surface area (Å²) < 4.78 is 10.2. The molecule has 9 rings (SSSR count). The number of nitrogens with zero attached hydrogens (tertiary/aromatic N) is 4. The second-order valence-electron chi connectivity index (χ2n) is 17.5. The summed E-state index contributed by atoms with van der Waals surface area (Å²) in [4.78, 5) is 14.6. The summed E-state index contributed by atoms with van der Waals surface area (Å²) in [6.45, 7) is 13.1. The molecular formula is C52H50GeIrN4O-2. The first-order valence-corrected chi connectivity index (χ1v) is 27.4. The second kappa shape index (κ2) is 16.8. The van der Waals surface area contributed by atoms with Gasteiger partial charge in [0.25, 0.3) is 0 Å². The topological polar surface area (TPSA) is 56.7 Å². The number of furan rings is 1. The van der Waals surface area contributed by atoms with Crippen LogP contribution in [-0.4, -0.2) is 32.8 Å². The van der Waals surface area contributed by atoms with Crippen molar-refractivity contribution in [3.8, 4) is 39.5 Å². The van der Waals surface area contributed by atoms with E-state index in [2.05, 4.69) is 160 Å². The Balaban J connectivity index is 0.000000206. The molecule has 299 valence electrons. The maximum atomic E-state index is 6.46. The number of benzene rings is 5. The summed E-state index contributed by atoms with van der Waals surface area (Å²) in [7, 11) is 0. The van der Waals surface area contributed by atoms with Crippen LogP contribution in [0.2, 0.25) is 17.3 Å². The number of pyridine rings is 2. The predicted molar refractivity (Wildman–Crippen MR) is 245 cm³/mol. The van der Waals surface area contributed by atoms with Gasteiger partial charge in [-0.05, 0) is 49.2 Å². The van der Waals surface area contributed by atoms with Crippen LogP contribution in [0.5, 0.6) is 0 Å². The number of hydrogen-bond donors (Lipinski definition) is 0. The van der Waals surface area contributed by atoms with E-state index in [1.165, 1.54) is 9.96 Å². The Hall–Kier alpha value is -5.14. The number of aryl methyl sites for hydroxylation is 3. The van der Waals surface area contributed by atoms with Crippen molar-refractivity contribution >= 4 is 50.8 Å². The quantitative estimate of drug-likeness (QED) is 0.123. The van der Waals surface area contributed by atoms with Crippen LogP contribution in [0.4, 0.5) is 0 Å². The molecule has 7 heteroatoms. The fourth-order valence-electron chi connectivity index (χ4n) is 7.82. The molecule has 5 aromatic carbocycles. The van der Waals surface area contributed by atoms with Gasteiger partial charge in [-0.15, -0.1) is 17.7 Å². The SMILES string of the molecule is CC(C)(C)Cc1cc(-c2[c-]cccc2)nc[c]1[Ge]([CH3])([CH3])[CH3].Cc1cc2c(nc1C)oc1c(-c3nc4ccccc4n3-c3ccccc3-c3ccccc3)[c-]cc(C)c12.[Ir]. The van der Waals surface area contributed by atoms with E-state index in [1.807, 2.05) is 43.3 Å². The monoisotopic (exact) mass is 1010 g/mol. The Labute approximate surface area is 364 Å². The van der Waals surface area contributed by atoms with Crippen LogP contribution in [0, 0.1) is 38.3 Å². The van der Waals surface area contributed by atoms with E-state index in [0.717, 1.165) is 90.1 Å². The van der Waals surface area contributed by atoms with E-state index >= 15 is 0 Å². The molecule has 9 aromatic rings. The molecule has 59 heavy (non-hydrogen) atoms. The molecular weight excluding hydrogens is 961 g/mol. The van der Waals surface area contributed by atoms with Gasteiger partial charge in [0.1, 0.15) is 0 Å². The van der Waals surface area contributed by atoms with Gasteiger partial charge in [-0.3, -0.25) is 4.98 Å². The third kappa shape index (κ3) is 8.63. The Morgan fingerprint density at radius 3 is 2.20 bits per heavy atom. The van der Waals surface area contributed by atoms with Crippen LogP contribution in [-0.2, 0) is 26.5 Å². The minimum absolute atomic E-state index is 0. The van der Waals surface area contributed by atoms with Gasteiger partial charge in [0, 0.05) is 42.4 Å². The van der Waals surface area contributed by atoms with Gasteiger partial charge in [0.2, 0.25) is 5.71 Å². The van der Waals surface area contributed by atoms with Crippen LogP contribution >= 0.6 is 0 Å². The van der Waals surface area contributed by atoms with E-state index in [1.54, 1.807) is 0 Å². The largest absolute Gasteiger partial charge is 0.486 e. The number of fused-ring (bicyclic) bond motifs is 4. The molecule has 5 nitrogen and oxygen atoms in total. The van der Waals surface area contributed by atoms with Crippen molar-refractivity contribution in [1.29, 1.82) is 0 Å². The van der Waals surface area contributed by atoms with Crippen molar-refractivity contribution in [2.45, 2.75) is 65.2 Å².